The van der Waals surface area contributed by atoms with Gasteiger partial charge in [-0.1, -0.05) is 37.6 Å². The molecule has 1 unspecified atom stereocenters. The number of anilines is 1. The number of ether oxygens (including phenoxy) is 1. The molecule has 0 spiro atoms. The van der Waals surface area contributed by atoms with Crippen molar-refractivity contribution in [3.05, 3.63) is 88.0 Å². The molecule has 0 heterocycles. The van der Waals surface area contributed by atoms with E-state index in [1.165, 1.54) is 4.31 Å². The first kappa shape index (κ1) is 28.3. The summed E-state index contributed by atoms with van der Waals surface area (Å²) in [6.45, 7) is 13.5. The van der Waals surface area contributed by atoms with Crippen molar-refractivity contribution < 1.29 is 17.9 Å². The monoisotopic (exact) mass is 522 g/mol. The smallest absolute Gasteiger partial charge is 0.264 e. The molecule has 0 aromatic heterocycles. The van der Waals surface area contributed by atoms with Gasteiger partial charge in [0.2, 0.25) is 5.91 Å². The topological polar surface area (TPSA) is 75.7 Å². The van der Waals surface area contributed by atoms with Crippen LogP contribution in [0, 0.1) is 27.7 Å². The molecule has 0 aliphatic carbocycles. The van der Waals surface area contributed by atoms with Crippen LogP contribution in [-0.2, 0) is 14.8 Å². The molecule has 6 nitrogen and oxygen atoms in total. The van der Waals surface area contributed by atoms with Crippen LogP contribution >= 0.6 is 0 Å². The number of methoxy groups -OCH3 is 1. The van der Waals surface area contributed by atoms with Crippen LogP contribution in [0.15, 0.2) is 59.5 Å². The zero-order chi connectivity index (χ0) is 27.5. The maximum Gasteiger partial charge on any atom is 0.264 e. The molecule has 0 aliphatic rings. The number of rotatable bonds is 9. The highest BCUT2D eigenvalue weighted by Gasteiger charge is 2.28. The first-order valence-electron chi connectivity index (χ1n) is 12.5. The van der Waals surface area contributed by atoms with Crippen LogP contribution in [0.4, 0.5) is 5.69 Å². The third kappa shape index (κ3) is 6.52. The second-order valence-corrected chi connectivity index (χ2v) is 11.9. The molecule has 0 radical (unpaired) electrons. The van der Waals surface area contributed by atoms with Gasteiger partial charge in [-0.3, -0.25) is 9.10 Å². The summed E-state index contributed by atoms with van der Waals surface area (Å²) < 4.78 is 34.2. The highest BCUT2D eigenvalue weighted by atomic mass is 32.2. The van der Waals surface area contributed by atoms with Crippen molar-refractivity contribution in [2.75, 3.05) is 18.0 Å². The van der Waals surface area contributed by atoms with E-state index >= 15 is 0 Å². The van der Waals surface area contributed by atoms with E-state index in [4.69, 9.17) is 4.74 Å². The number of nitrogens with zero attached hydrogens (tertiary/aromatic N) is 1. The Bertz CT molecular complexity index is 1360. The maximum atomic E-state index is 13.7. The predicted octanol–water partition coefficient (Wildman–Crippen LogP) is 6.12. The van der Waals surface area contributed by atoms with Crippen LogP contribution in [0.25, 0.3) is 0 Å². The summed E-state index contributed by atoms with van der Waals surface area (Å²) in [5, 5.41) is 3.02. The Morgan fingerprint density at radius 1 is 0.865 bits per heavy atom. The molecule has 198 valence electrons. The summed E-state index contributed by atoms with van der Waals surface area (Å²) in [5.74, 6) is 0.681. The second kappa shape index (κ2) is 11.4. The number of sulfonamides is 1. The summed E-state index contributed by atoms with van der Waals surface area (Å²) in [4.78, 5) is 13.5. The van der Waals surface area contributed by atoms with Gasteiger partial charge in [-0.05, 0) is 105 Å². The van der Waals surface area contributed by atoms with Crippen LogP contribution in [0.3, 0.4) is 0 Å². The number of hydrogen-bond acceptors (Lipinski definition) is 4. The van der Waals surface area contributed by atoms with Gasteiger partial charge in [-0.15, -0.1) is 0 Å². The van der Waals surface area contributed by atoms with Crippen molar-refractivity contribution in [2.24, 2.45) is 0 Å². The van der Waals surface area contributed by atoms with Crippen LogP contribution < -0.4 is 14.4 Å². The minimum Gasteiger partial charge on any atom is -0.496 e. The zero-order valence-electron chi connectivity index (χ0n) is 23.0. The van der Waals surface area contributed by atoms with Crippen LogP contribution in [0.5, 0.6) is 5.75 Å². The van der Waals surface area contributed by atoms with Crippen molar-refractivity contribution in [3.8, 4) is 5.75 Å². The van der Waals surface area contributed by atoms with E-state index < -0.39 is 10.0 Å². The molecule has 7 heteroatoms. The summed E-state index contributed by atoms with van der Waals surface area (Å²) in [5.41, 5.74) is 6.28. The molecule has 0 bridgehead atoms. The molecular formula is C30H38N2O4S. The highest BCUT2D eigenvalue weighted by molar-refractivity contribution is 7.92. The molecule has 3 aromatic rings. The largest absolute Gasteiger partial charge is 0.496 e. The van der Waals surface area contributed by atoms with Crippen molar-refractivity contribution in [3.63, 3.8) is 0 Å². The Morgan fingerprint density at radius 2 is 1.46 bits per heavy atom. The molecule has 0 fully saturated rings. The summed E-state index contributed by atoms with van der Waals surface area (Å²) in [6, 6.07) is 16.0. The van der Waals surface area contributed by atoms with Gasteiger partial charge in [0.15, 0.2) is 0 Å². The van der Waals surface area contributed by atoms with E-state index in [-0.39, 0.29) is 29.3 Å². The number of benzene rings is 3. The number of aryl methyl sites for hydroxylation is 4. The van der Waals surface area contributed by atoms with Gasteiger partial charge in [-0.2, -0.15) is 0 Å². The number of hydrogen-bond donors (Lipinski definition) is 1. The van der Waals surface area contributed by atoms with Crippen LogP contribution in [0.2, 0.25) is 0 Å². The van der Waals surface area contributed by atoms with E-state index in [0.717, 1.165) is 39.1 Å². The van der Waals surface area contributed by atoms with E-state index in [1.54, 1.807) is 43.5 Å². The van der Waals surface area contributed by atoms with E-state index in [2.05, 4.69) is 25.2 Å². The van der Waals surface area contributed by atoms with Gasteiger partial charge in [-0.25, -0.2) is 8.42 Å². The molecule has 3 rings (SSSR count). The Hall–Kier alpha value is -3.32. The van der Waals surface area contributed by atoms with Crippen molar-refractivity contribution in [2.45, 2.75) is 65.3 Å². The molecule has 37 heavy (non-hydrogen) atoms. The fraction of sp³-hybridized carbons (Fsp3) is 0.367. The quantitative estimate of drug-likeness (QED) is 0.367. The lowest BCUT2D eigenvalue weighted by Gasteiger charge is -2.26. The number of nitrogens with one attached hydrogen (secondary N) is 1. The fourth-order valence-corrected chi connectivity index (χ4v) is 5.96. The molecule has 0 saturated heterocycles. The Kier molecular flexibility index (Phi) is 8.69. The fourth-order valence-electron chi connectivity index (χ4n) is 4.55. The summed E-state index contributed by atoms with van der Waals surface area (Å²) >= 11 is 0. The third-order valence-electron chi connectivity index (χ3n) is 6.48. The van der Waals surface area contributed by atoms with Gasteiger partial charge in [0, 0.05) is 0 Å². The lowest BCUT2D eigenvalue weighted by atomic mass is 9.93. The van der Waals surface area contributed by atoms with Crippen molar-refractivity contribution >= 4 is 21.6 Å². The minimum absolute atomic E-state index is 0.144. The average molecular weight is 523 g/mol. The lowest BCUT2D eigenvalue weighted by Crippen LogP contribution is -2.41. The molecule has 0 aliphatic heterocycles. The van der Waals surface area contributed by atoms with Crippen LogP contribution in [-0.4, -0.2) is 28.0 Å². The highest BCUT2D eigenvalue weighted by Crippen LogP contribution is 2.32. The van der Waals surface area contributed by atoms with Crippen molar-refractivity contribution in [1.29, 1.82) is 0 Å². The predicted molar refractivity (Wildman–Crippen MR) is 150 cm³/mol. The molecular weight excluding hydrogens is 484 g/mol. The van der Waals surface area contributed by atoms with E-state index in [0.29, 0.717) is 5.69 Å². The number of amides is 1. The minimum atomic E-state index is -3.98. The molecule has 1 atom stereocenters. The molecule has 1 amide bonds. The SMILES string of the molecule is COc1cc(C)c(C(C)NC(=O)CN(c2cc(C)cc(C)c2)S(=O)(=O)c2ccc(C)cc2)cc1C(C)C. The van der Waals surface area contributed by atoms with Gasteiger partial charge in [0.05, 0.1) is 23.7 Å². The first-order valence-corrected chi connectivity index (χ1v) is 13.9. The number of carbonyl (C=O) groups is 1. The second-order valence-electron chi connectivity index (χ2n) is 10.1. The standard InChI is InChI=1S/C30H38N2O4S/c1-19(2)27-17-28(23(6)16-29(27)36-8)24(7)31-30(33)18-32(25-14-21(4)13-22(5)15-25)37(34,35)26-11-9-20(3)10-12-26/h9-17,19,24H,18H2,1-8H3,(H,31,33). The molecule has 1 N–H and O–H groups in total. The Labute approximate surface area is 221 Å². The third-order valence-corrected chi connectivity index (χ3v) is 8.26. The Morgan fingerprint density at radius 3 is 2.00 bits per heavy atom. The maximum absolute atomic E-state index is 13.7. The van der Waals surface area contributed by atoms with Gasteiger partial charge in [0.25, 0.3) is 10.0 Å². The summed E-state index contributed by atoms with van der Waals surface area (Å²) in [7, 11) is -2.32. The summed E-state index contributed by atoms with van der Waals surface area (Å²) in [6.07, 6.45) is 0. The average Bonchev–Trinajstić information content (AvgIpc) is 2.81. The van der Waals surface area contributed by atoms with Gasteiger partial charge < -0.3 is 10.1 Å². The normalized spacial score (nSPS) is 12.4. The zero-order valence-corrected chi connectivity index (χ0v) is 23.9. The van der Waals surface area contributed by atoms with Gasteiger partial charge in [0.1, 0.15) is 12.3 Å². The first-order chi connectivity index (χ1) is 17.3. The van der Waals surface area contributed by atoms with E-state index in [9.17, 15) is 13.2 Å². The lowest BCUT2D eigenvalue weighted by molar-refractivity contribution is -0.120. The van der Waals surface area contributed by atoms with Gasteiger partial charge >= 0.3 is 0 Å². The van der Waals surface area contributed by atoms with E-state index in [1.807, 2.05) is 46.8 Å². The molecule has 3 aromatic carbocycles. The van der Waals surface area contributed by atoms with Crippen LogP contribution in [0.1, 0.15) is 66.1 Å². The Balaban J connectivity index is 1.95. The molecule has 0 saturated carbocycles. The number of carbonyl (C=O) groups excluding carboxylic acids is 1. The van der Waals surface area contributed by atoms with Crippen molar-refractivity contribution in [1.82, 2.24) is 5.32 Å².